The van der Waals surface area contributed by atoms with Crippen LogP contribution in [0.1, 0.15) is 35.5 Å². The van der Waals surface area contributed by atoms with Crippen molar-refractivity contribution >= 4 is 23.3 Å². The molecule has 1 N–H and O–H groups in total. The topological polar surface area (TPSA) is 46.8 Å². The smallest absolute Gasteiger partial charge is 0.178 e. The van der Waals surface area contributed by atoms with E-state index >= 15 is 0 Å². The number of hydrogen-bond donors (Lipinski definition) is 1. The molecule has 0 aliphatic carbocycles. The SMILES string of the molecule is Cc1ccc2c(c1)[nH]c(=S)n2C(C)c1c(C)noc1C. The van der Waals surface area contributed by atoms with E-state index in [0.717, 1.165) is 32.8 Å². The van der Waals surface area contributed by atoms with Gasteiger partial charge in [0.15, 0.2) is 4.77 Å². The summed E-state index contributed by atoms with van der Waals surface area (Å²) in [6.45, 7) is 8.10. The highest BCUT2D eigenvalue weighted by molar-refractivity contribution is 7.71. The van der Waals surface area contributed by atoms with Gasteiger partial charge in [-0.1, -0.05) is 11.2 Å². The van der Waals surface area contributed by atoms with Gasteiger partial charge < -0.3 is 14.1 Å². The van der Waals surface area contributed by atoms with Crippen LogP contribution >= 0.6 is 12.2 Å². The van der Waals surface area contributed by atoms with Gasteiger partial charge in [0.1, 0.15) is 5.76 Å². The number of aromatic amines is 1. The normalized spacial score (nSPS) is 13.0. The number of aromatic nitrogens is 3. The molecular formula is C15H17N3OS. The standard InChI is InChI=1S/C15H17N3OS/c1-8-5-6-13-12(7-8)16-15(20)18(13)10(3)14-9(2)17-19-11(14)4/h5-7,10H,1-4H3,(H,16,20). The van der Waals surface area contributed by atoms with Crippen LogP contribution in [0.5, 0.6) is 0 Å². The maximum atomic E-state index is 5.49. The molecule has 0 radical (unpaired) electrons. The van der Waals surface area contributed by atoms with Crippen molar-refractivity contribution in [3.8, 4) is 0 Å². The first kappa shape index (κ1) is 13.1. The average Bonchev–Trinajstić information content (AvgIpc) is 2.88. The van der Waals surface area contributed by atoms with E-state index < -0.39 is 0 Å². The molecule has 0 bridgehead atoms. The number of nitrogens with zero attached hydrogens (tertiary/aromatic N) is 2. The van der Waals surface area contributed by atoms with Gasteiger partial charge in [-0.2, -0.15) is 0 Å². The summed E-state index contributed by atoms with van der Waals surface area (Å²) in [7, 11) is 0. The number of nitrogens with one attached hydrogen (secondary N) is 1. The molecule has 3 rings (SSSR count). The zero-order valence-corrected chi connectivity index (χ0v) is 12.8. The second-order valence-corrected chi connectivity index (χ2v) is 5.62. The van der Waals surface area contributed by atoms with Crippen LogP contribution in [0.15, 0.2) is 22.7 Å². The van der Waals surface area contributed by atoms with Crippen molar-refractivity contribution in [3.63, 3.8) is 0 Å². The molecule has 2 heterocycles. The van der Waals surface area contributed by atoms with Crippen LogP contribution in [0.4, 0.5) is 0 Å². The first-order valence-electron chi connectivity index (χ1n) is 6.62. The molecule has 5 heteroatoms. The van der Waals surface area contributed by atoms with Crippen molar-refractivity contribution in [1.82, 2.24) is 14.7 Å². The van der Waals surface area contributed by atoms with Crippen LogP contribution in [-0.2, 0) is 0 Å². The lowest BCUT2D eigenvalue weighted by Crippen LogP contribution is -2.08. The van der Waals surface area contributed by atoms with Gasteiger partial charge in [0, 0.05) is 5.56 Å². The zero-order valence-electron chi connectivity index (χ0n) is 12.0. The number of benzene rings is 1. The van der Waals surface area contributed by atoms with Gasteiger partial charge in [0.05, 0.1) is 22.8 Å². The van der Waals surface area contributed by atoms with E-state index in [1.165, 1.54) is 5.56 Å². The summed E-state index contributed by atoms with van der Waals surface area (Å²) < 4.78 is 8.12. The van der Waals surface area contributed by atoms with E-state index in [2.05, 4.69) is 46.8 Å². The largest absolute Gasteiger partial charge is 0.361 e. The molecule has 1 aromatic carbocycles. The predicted octanol–water partition coefficient (Wildman–Crippen LogP) is 4.22. The number of rotatable bonds is 2. The van der Waals surface area contributed by atoms with Crippen LogP contribution in [0.3, 0.4) is 0 Å². The molecule has 0 fully saturated rings. The van der Waals surface area contributed by atoms with Crippen molar-refractivity contribution in [3.05, 3.63) is 45.6 Å². The van der Waals surface area contributed by atoms with Gasteiger partial charge in [-0.15, -0.1) is 0 Å². The van der Waals surface area contributed by atoms with Gasteiger partial charge in [0.2, 0.25) is 0 Å². The summed E-state index contributed by atoms with van der Waals surface area (Å²) in [6, 6.07) is 6.40. The summed E-state index contributed by atoms with van der Waals surface area (Å²) in [5.41, 5.74) is 5.40. The van der Waals surface area contributed by atoms with Crippen LogP contribution in [0.2, 0.25) is 0 Å². The van der Waals surface area contributed by atoms with Gasteiger partial charge in [-0.05, 0) is 57.6 Å². The van der Waals surface area contributed by atoms with E-state index in [4.69, 9.17) is 16.7 Å². The van der Waals surface area contributed by atoms with Crippen molar-refractivity contribution in [2.75, 3.05) is 0 Å². The number of hydrogen-bond acceptors (Lipinski definition) is 3. The summed E-state index contributed by atoms with van der Waals surface area (Å²) >= 11 is 5.49. The Labute approximate surface area is 122 Å². The Morgan fingerprint density at radius 1 is 1.30 bits per heavy atom. The van der Waals surface area contributed by atoms with Crippen molar-refractivity contribution in [2.45, 2.75) is 33.7 Å². The lowest BCUT2D eigenvalue weighted by Gasteiger charge is -2.14. The number of aryl methyl sites for hydroxylation is 3. The third-order valence-electron chi connectivity index (χ3n) is 3.77. The van der Waals surface area contributed by atoms with Crippen LogP contribution < -0.4 is 0 Å². The Morgan fingerprint density at radius 3 is 2.70 bits per heavy atom. The zero-order chi connectivity index (χ0) is 14.4. The van der Waals surface area contributed by atoms with Crippen molar-refractivity contribution in [2.24, 2.45) is 0 Å². The fourth-order valence-electron chi connectivity index (χ4n) is 2.85. The van der Waals surface area contributed by atoms with Crippen LogP contribution in [0.25, 0.3) is 11.0 Å². The third kappa shape index (κ3) is 1.89. The van der Waals surface area contributed by atoms with Crippen molar-refractivity contribution < 1.29 is 4.52 Å². The molecule has 0 spiro atoms. The highest BCUT2D eigenvalue weighted by Crippen LogP contribution is 2.28. The molecule has 3 aromatic rings. The summed E-state index contributed by atoms with van der Waals surface area (Å²) in [5, 5.41) is 4.04. The van der Waals surface area contributed by atoms with Gasteiger partial charge >= 0.3 is 0 Å². The predicted molar refractivity (Wildman–Crippen MR) is 81.6 cm³/mol. The maximum Gasteiger partial charge on any atom is 0.178 e. The minimum Gasteiger partial charge on any atom is -0.361 e. The van der Waals surface area contributed by atoms with E-state index in [9.17, 15) is 0 Å². The highest BCUT2D eigenvalue weighted by atomic mass is 32.1. The van der Waals surface area contributed by atoms with Crippen molar-refractivity contribution in [1.29, 1.82) is 0 Å². The van der Waals surface area contributed by atoms with E-state index in [1.54, 1.807) is 0 Å². The lowest BCUT2D eigenvalue weighted by atomic mass is 10.1. The maximum absolute atomic E-state index is 5.49. The number of H-pyrrole nitrogens is 1. The number of imidazole rings is 1. The Balaban J connectivity index is 2.24. The molecule has 0 saturated carbocycles. The Bertz CT molecular complexity index is 821. The molecular weight excluding hydrogens is 270 g/mol. The molecule has 4 nitrogen and oxygen atoms in total. The van der Waals surface area contributed by atoms with E-state index in [0.29, 0.717) is 0 Å². The Kier molecular flexibility index (Phi) is 3.01. The van der Waals surface area contributed by atoms with Crippen LogP contribution in [-0.4, -0.2) is 14.7 Å². The summed E-state index contributed by atoms with van der Waals surface area (Å²) in [6.07, 6.45) is 0. The first-order chi connectivity index (χ1) is 9.49. The van der Waals surface area contributed by atoms with Gasteiger partial charge in [-0.25, -0.2) is 0 Å². The molecule has 0 amide bonds. The third-order valence-corrected chi connectivity index (χ3v) is 4.06. The van der Waals surface area contributed by atoms with Gasteiger partial charge in [-0.3, -0.25) is 0 Å². The molecule has 0 saturated heterocycles. The molecule has 2 aromatic heterocycles. The van der Waals surface area contributed by atoms with E-state index in [1.807, 2.05) is 13.8 Å². The fraction of sp³-hybridized carbons (Fsp3) is 0.333. The van der Waals surface area contributed by atoms with Crippen LogP contribution in [0, 0.1) is 25.5 Å². The molecule has 20 heavy (non-hydrogen) atoms. The lowest BCUT2D eigenvalue weighted by molar-refractivity contribution is 0.391. The molecule has 0 aliphatic rings. The number of fused-ring (bicyclic) bond motifs is 1. The first-order valence-corrected chi connectivity index (χ1v) is 7.03. The molecule has 104 valence electrons. The quantitative estimate of drug-likeness (QED) is 0.718. The summed E-state index contributed by atoms with van der Waals surface area (Å²) in [4.78, 5) is 3.28. The molecule has 1 unspecified atom stereocenters. The second kappa shape index (κ2) is 4.59. The second-order valence-electron chi connectivity index (χ2n) is 5.23. The van der Waals surface area contributed by atoms with E-state index in [-0.39, 0.29) is 6.04 Å². The monoisotopic (exact) mass is 287 g/mol. The highest BCUT2D eigenvalue weighted by Gasteiger charge is 2.20. The molecule has 0 aliphatic heterocycles. The fourth-order valence-corrected chi connectivity index (χ4v) is 3.21. The van der Waals surface area contributed by atoms with Gasteiger partial charge in [0.25, 0.3) is 0 Å². The Morgan fingerprint density at radius 2 is 2.05 bits per heavy atom. The summed E-state index contributed by atoms with van der Waals surface area (Å²) in [5.74, 6) is 0.846. The minimum absolute atomic E-state index is 0.0882. The minimum atomic E-state index is 0.0882. The Hall–Kier alpha value is -1.88. The average molecular weight is 287 g/mol. The molecule has 1 atom stereocenters.